The van der Waals surface area contributed by atoms with Crippen LogP contribution < -0.4 is 28.4 Å². The zero-order valence-corrected chi connectivity index (χ0v) is 29.2. The van der Waals surface area contributed by atoms with Crippen molar-refractivity contribution < 1.29 is 47.9 Å². The molecule has 11 nitrogen and oxygen atoms in total. The van der Waals surface area contributed by atoms with Crippen molar-refractivity contribution in [2.45, 2.75) is 11.6 Å². The normalized spacial score (nSPS) is 14.1. The zero-order chi connectivity index (χ0) is 38.3. The van der Waals surface area contributed by atoms with Gasteiger partial charge in [0.15, 0.2) is 23.0 Å². The van der Waals surface area contributed by atoms with Crippen LogP contribution in [0.15, 0.2) is 164 Å². The number of benzene rings is 6. The fourth-order valence-corrected chi connectivity index (χ4v) is 6.74. The molecule has 0 spiro atoms. The van der Waals surface area contributed by atoms with E-state index in [1.165, 1.54) is 24.3 Å². The molecule has 56 heavy (non-hydrogen) atoms. The number of fused-ring (bicyclic) bond motifs is 2. The van der Waals surface area contributed by atoms with E-state index in [1.54, 1.807) is 18.3 Å². The molecule has 9 rings (SSSR count). The summed E-state index contributed by atoms with van der Waals surface area (Å²) in [6, 6.07) is 45.0. The average Bonchev–Trinajstić information content (AvgIpc) is 4.01. The Morgan fingerprint density at radius 1 is 0.482 bits per heavy atom. The summed E-state index contributed by atoms with van der Waals surface area (Å²) in [5, 5.41) is 10.1. The topological polar surface area (TPSA) is 143 Å². The zero-order valence-electron chi connectivity index (χ0n) is 29.2. The summed E-state index contributed by atoms with van der Waals surface area (Å²) in [6.07, 6.45) is 1.57. The molecule has 2 N–H and O–H groups in total. The highest BCUT2D eigenvalue weighted by Crippen LogP contribution is 2.54. The van der Waals surface area contributed by atoms with Crippen molar-refractivity contribution in [3.8, 4) is 34.5 Å². The van der Waals surface area contributed by atoms with E-state index >= 15 is 0 Å². The summed E-state index contributed by atoms with van der Waals surface area (Å²) in [5.74, 6) is -6.21. The first-order valence-electron chi connectivity index (χ1n) is 17.5. The van der Waals surface area contributed by atoms with Gasteiger partial charge in [-0.05, 0) is 36.4 Å². The van der Waals surface area contributed by atoms with Crippen LogP contribution in [-0.2, 0) is 11.6 Å². The molecule has 3 heterocycles. The number of hydrogen-bond donors (Lipinski definition) is 2. The van der Waals surface area contributed by atoms with E-state index in [0.717, 1.165) is 0 Å². The lowest BCUT2D eigenvalue weighted by Gasteiger charge is -2.28. The van der Waals surface area contributed by atoms with Gasteiger partial charge in [-0.1, -0.05) is 121 Å². The molecule has 0 radical (unpaired) electrons. The first-order chi connectivity index (χ1) is 27.3. The molecule has 11 heteroatoms. The molecule has 0 atom stereocenters. The maximum absolute atomic E-state index is 14.3. The highest BCUT2D eigenvalue weighted by molar-refractivity contribution is 5.96. The van der Waals surface area contributed by atoms with Crippen LogP contribution >= 0.6 is 0 Å². The van der Waals surface area contributed by atoms with E-state index in [9.17, 15) is 19.5 Å². The fourth-order valence-electron chi connectivity index (χ4n) is 6.74. The lowest BCUT2D eigenvalue weighted by molar-refractivity contribution is -0.0468. The number of hydrogen-bond acceptors (Lipinski definition) is 9. The number of esters is 2. The van der Waals surface area contributed by atoms with Gasteiger partial charge < -0.3 is 38.5 Å². The number of aromatic carboxylic acids is 1. The Kier molecular flexibility index (Phi) is 8.24. The molecule has 0 bridgehead atoms. The van der Waals surface area contributed by atoms with Gasteiger partial charge in [0, 0.05) is 28.5 Å². The molecule has 2 aliphatic rings. The van der Waals surface area contributed by atoms with Crippen LogP contribution in [-0.4, -0.2) is 28.0 Å². The molecule has 7 aromatic rings. The molecule has 2 aliphatic heterocycles. The summed E-state index contributed by atoms with van der Waals surface area (Å²) < 4.78 is 38.1. The highest BCUT2D eigenvalue weighted by atomic mass is 16.7. The second-order valence-corrected chi connectivity index (χ2v) is 12.9. The van der Waals surface area contributed by atoms with Crippen LogP contribution in [0.5, 0.6) is 34.5 Å². The summed E-state index contributed by atoms with van der Waals surface area (Å²) in [7, 11) is 0. The largest absolute Gasteiger partial charge is 0.478 e. The molecule has 0 saturated heterocycles. The second-order valence-electron chi connectivity index (χ2n) is 12.9. The average molecular weight is 744 g/mol. The smallest absolute Gasteiger partial charge is 0.360 e. The molecule has 0 saturated carbocycles. The molecule has 0 amide bonds. The van der Waals surface area contributed by atoms with Crippen LogP contribution in [0.4, 0.5) is 0 Å². The monoisotopic (exact) mass is 743 g/mol. The first-order valence-corrected chi connectivity index (χ1v) is 17.5. The van der Waals surface area contributed by atoms with Gasteiger partial charge in [-0.25, -0.2) is 14.4 Å². The molecular formula is C45H29NO10. The fraction of sp³-hybridized carbons (Fsp3) is 0.0444. The maximum Gasteiger partial charge on any atom is 0.360 e. The van der Waals surface area contributed by atoms with Gasteiger partial charge in [-0.15, -0.1) is 0 Å². The number of carboxylic acids is 1. The number of nitrogens with one attached hydrogen (secondary N) is 1. The van der Waals surface area contributed by atoms with E-state index < -0.39 is 29.5 Å². The highest BCUT2D eigenvalue weighted by Gasteiger charge is 2.49. The Hall–Kier alpha value is -7.79. The van der Waals surface area contributed by atoms with Crippen molar-refractivity contribution in [3.05, 3.63) is 203 Å². The summed E-state index contributed by atoms with van der Waals surface area (Å²) in [6.45, 7) is 0. The van der Waals surface area contributed by atoms with Gasteiger partial charge in [0.05, 0.1) is 11.1 Å². The molecule has 0 aliphatic carbocycles. The SMILES string of the molecule is O=C(O)c1cc(OC(=O)c2cc(OC(=O)c3ccc[nH]3)c3c(c2)OC(c2ccccc2)(c2ccccc2)O3)c2c(c1)OC(c1ccccc1)(c1ccccc1)O2. The summed E-state index contributed by atoms with van der Waals surface area (Å²) >= 11 is 0. The van der Waals surface area contributed by atoms with Crippen molar-refractivity contribution in [1.29, 1.82) is 0 Å². The van der Waals surface area contributed by atoms with Crippen LogP contribution in [0.2, 0.25) is 0 Å². The number of aromatic amines is 1. The molecule has 6 aromatic carbocycles. The van der Waals surface area contributed by atoms with Crippen LogP contribution in [0.1, 0.15) is 53.5 Å². The number of rotatable bonds is 9. The third-order valence-corrected chi connectivity index (χ3v) is 9.36. The molecule has 274 valence electrons. The lowest BCUT2D eigenvalue weighted by atomic mass is 9.97. The Labute approximate surface area is 319 Å². The second kappa shape index (κ2) is 13.6. The van der Waals surface area contributed by atoms with Gasteiger partial charge in [-0.2, -0.15) is 0 Å². The third kappa shape index (κ3) is 5.84. The van der Waals surface area contributed by atoms with E-state index in [-0.39, 0.29) is 51.3 Å². The quantitative estimate of drug-likeness (QED) is 0.109. The van der Waals surface area contributed by atoms with Gasteiger partial charge in [0.1, 0.15) is 5.69 Å². The minimum atomic E-state index is -1.54. The molecular weight excluding hydrogens is 714 g/mol. The number of H-pyrrole nitrogens is 1. The van der Waals surface area contributed by atoms with Gasteiger partial charge in [0.25, 0.3) is 0 Å². The van der Waals surface area contributed by atoms with E-state index in [2.05, 4.69) is 4.98 Å². The van der Waals surface area contributed by atoms with Crippen molar-refractivity contribution in [3.63, 3.8) is 0 Å². The Morgan fingerprint density at radius 2 is 0.893 bits per heavy atom. The predicted molar refractivity (Wildman–Crippen MR) is 200 cm³/mol. The minimum Gasteiger partial charge on any atom is -0.478 e. The van der Waals surface area contributed by atoms with Crippen molar-refractivity contribution in [1.82, 2.24) is 4.98 Å². The predicted octanol–water partition coefficient (Wildman–Crippen LogP) is 8.50. The summed E-state index contributed by atoms with van der Waals surface area (Å²) in [5.41, 5.74) is 2.32. The van der Waals surface area contributed by atoms with E-state index in [1.807, 2.05) is 121 Å². The Morgan fingerprint density at radius 3 is 1.30 bits per heavy atom. The summed E-state index contributed by atoms with van der Waals surface area (Å²) in [4.78, 5) is 42.8. The number of carbonyl (C=O) groups is 3. The van der Waals surface area contributed by atoms with Crippen LogP contribution in [0.25, 0.3) is 0 Å². The molecule has 1 aromatic heterocycles. The van der Waals surface area contributed by atoms with Crippen LogP contribution in [0, 0.1) is 0 Å². The number of carboxylic acid groups (broad SMARTS) is 1. The Balaban J connectivity index is 1.13. The number of ether oxygens (including phenoxy) is 6. The number of aromatic nitrogens is 1. The van der Waals surface area contributed by atoms with E-state index in [4.69, 9.17) is 28.4 Å². The first kappa shape index (κ1) is 34.0. The molecule has 0 fully saturated rings. The molecule has 0 unspecified atom stereocenters. The standard InChI is InChI=1S/C45H29NO10/c47-41(48)28-24-35(39-37(25-28)53-44(55-39,30-14-5-1-6-15-30)31-16-7-2-8-17-31)51-42(49)29-26-36(52-43(50)34-22-13-23-46-34)40-38(27-29)54-45(56-40,32-18-9-3-10-19-32)33-20-11-4-12-21-33/h1-27,46H,(H,47,48). The minimum absolute atomic E-state index is 0.00219. The van der Waals surface area contributed by atoms with Crippen molar-refractivity contribution in [2.75, 3.05) is 0 Å². The lowest BCUT2D eigenvalue weighted by Crippen LogP contribution is -2.36. The van der Waals surface area contributed by atoms with Gasteiger partial charge in [0.2, 0.25) is 11.5 Å². The van der Waals surface area contributed by atoms with Gasteiger partial charge in [-0.3, -0.25) is 0 Å². The third-order valence-electron chi connectivity index (χ3n) is 9.36. The van der Waals surface area contributed by atoms with E-state index in [0.29, 0.717) is 22.3 Å². The van der Waals surface area contributed by atoms with Gasteiger partial charge >= 0.3 is 29.5 Å². The van der Waals surface area contributed by atoms with Crippen molar-refractivity contribution in [2.24, 2.45) is 0 Å². The van der Waals surface area contributed by atoms with Crippen LogP contribution in [0.3, 0.4) is 0 Å². The van der Waals surface area contributed by atoms with Crippen molar-refractivity contribution >= 4 is 17.9 Å². The Bertz CT molecular complexity index is 2510. The number of carbonyl (C=O) groups excluding carboxylic acids is 2. The maximum atomic E-state index is 14.3.